The Balaban J connectivity index is 2.51. The third kappa shape index (κ3) is 6.16. The van der Waals surface area contributed by atoms with Crippen LogP contribution in [0.15, 0.2) is 24.3 Å². The van der Waals surface area contributed by atoms with Gasteiger partial charge in [0, 0.05) is 19.0 Å². The lowest BCUT2D eigenvalue weighted by Crippen LogP contribution is -2.27. The Bertz CT molecular complexity index is 420. The molecule has 1 aromatic rings. The van der Waals surface area contributed by atoms with Gasteiger partial charge in [-0.25, -0.2) is 0 Å². The van der Waals surface area contributed by atoms with Gasteiger partial charge in [0.15, 0.2) is 0 Å². The van der Waals surface area contributed by atoms with E-state index in [1.54, 1.807) is 12.1 Å². The lowest BCUT2D eigenvalue weighted by Gasteiger charge is -2.14. The fraction of sp³-hybridized carbons (Fsp3) is 0.429. The van der Waals surface area contributed by atoms with E-state index in [4.69, 9.17) is 6.42 Å². The number of rotatable bonds is 6. The van der Waals surface area contributed by atoms with Crippen molar-refractivity contribution < 1.29 is 17.9 Å². The second-order valence-electron chi connectivity index (χ2n) is 4.09. The van der Waals surface area contributed by atoms with Crippen molar-refractivity contribution in [1.29, 1.82) is 0 Å². The summed E-state index contributed by atoms with van der Waals surface area (Å²) in [4.78, 5) is 0. The summed E-state index contributed by atoms with van der Waals surface area (Å²) < 4.78 is 39.7. The first-order valence-electron chi connectivity index (χ1n) is 5.96. The average Bonchev–Trinajstić information content (AvgIpc) is 2.34. The Morgan fingerprint density at radius 3 is 2.42 bits per heavy atom. The molecule has 0 amide bonds. The first-order chi connectivity index (χ1) is 8.94. The van der Waals surface area contributed by atoms with Crippen molar-refractivity contribution in [2.45, 2.75) is 38.7 Å². The highest BCUT2D eigenvalue weighted by molar-refractivity contribution is 5.27. The molecule has 0 bridgehead atoms. The highest BCUT2D eigenvalue weighted by atomic mass is 19.4. The van der Waals surface area contributed by atoms with E-state index in [1.807, 2.05) is 6.92 Å². The number of alkyl halides is 3. The van der Waals surface area contributed by atoms with Crippen LogP contribution in [-0.2, 0) is 6.54 Å². The molecule has 104 valence electrons. The minimum absolute atomic E-state index is 0.216. The van der Waals surface area contributed by atoms with Crippen molar-refractivity contribution in [3.8, 4) is 18.1 Å². The molecule has 1 atom stereocenters. The van der Waals surface area contributed by atoms with Gasteiger partial charge in [0.05, 0.1) is 0 Å². The quantitative estimate of drug-likeness (QED) is 0.800. The maximum atomic E-state index is 12.0. The molecule has 1 aromatic carbocycles. The van der Waals surface area contributed by atoms with Crippen molar-refractivity contribution in [3.05, 3.63) is 29.8 Å². The summed E-state index contributed by atoms with van der Waals surface area (Å²) in [5, 5.41) is 3.25. The van der Waals surface area contributed by atoms with Gasteiger partial charge >= 0.3 is 6.36 Å². The third-order valence-electron chi connectivity index (χ3n) is 2.61. The first kappa shape index (κ1) is 15.4. The molecule has 0 saturated heterocycles. The number of nitrogens with one attached hydrogen (secondary N) is 1. The van der Waals surface area contributed by atoms with Crippen molar-refractivity contribution in [3.63, 3.8) is 0 Å². The maximum absolute atomic E-state index is 12.0. The molecule has 0 aliphatic heterocycles. The lowest BCUT2D eigenvalue weighted by atomic mass is 10.1. The smallest absolute Gasteiger partial charge is 0.406 e. The van der Waals surface area contributed by atoms with Crippen LogP contribution < -0.4 is 10.1 Å². The second kappa shape index (κ2) is 7.05. The van der Waals surface area contributed by atoms with Gasteiger partial charge in [-0.2, -0.15) is 0 Å². The predicted octanol–water partition coefficient (Wildman–Crippen LogP) is 3.48. The molecule has 1 unspecified atom stereocenters. The molecule has 0 aliphatic rings. The maximum Gasteiger partial charge on any atom is 0.573 e. The molecule has 0 saturated carbocycles. The van der Waals surface area contributed by atoms with E-state index in [0.717, 1.165) is 12.0 Å². The Kier molecular flexibility index (Phi) is 5.71. The van der Waals surface area contributed by atoms with E-state index in [-0.39, 0.29) is 11.8 Å². The van der Waals surface area contributed by atoms with Crippen LogP contribution in [0, 0.1) is 12.3 Å². The highest BCUT2D eigenvalue weighted by Gasteiger charge is 2.30. The zero-order valence-electron chi connectivity index (χ0n) is 10.6. The van der Waals surface area contributed by atoms with Crippen LogP contribution in [-0.4, -0.2) is 12.4 Å². The number of halogens is 3. The summed E-state index contributed by atoms with van der Waals surface area (Å²) >= 11 is 0. The molecule has 2 nitrogen and oxygen atoms in total. The minimum atomic E-state index is -4.65. The summed E-state index contributed by atoms with van der Waals surface area (Å²) in [7, 11) is 0. The summed E-state index contributed by atoms with van der Waals surface area (Å²) in [6.07, 6.45) is 2.12. The van der Waals surface area contributed by atoms with Gasteiger partial charge in [-0.15, -0.1) is 25.5 Å². The molecule has 5 heteroatoms. The highest BCUT2D eigenvalue weighted by Crippen LogP contribution is 2.22. The molecule has 1 rings (SSSR count). The Hall–Kier alpha value is -1.67. The fourth-order valence-corrected chi connectivity index (χ4v) is 1.57. The molecule has 19 heavy (non-hydrogen) atoms. The monoisotopic (exact) mass is 271 g/mol. The number of hydrogen-bond acceptors (Lipinski definition) is 2. The van der Waals surface area contributed by atoms with E-state index in [1.165, 1.54) is 12.1 Å². The topological polar surface area (TPSA) is 21.3 Å². The molecule has 0 fully saturated rings. The number of benzene rings is 1. The van der Waals surface area contributed by atoms with Crippen LogP contribution in [0.25, 0.3) is 0 Å². The molecule has 0 radical (unpaired) electrons. The standard InChI is InChI=1S/C14H16F3NO/c1-3-5-12(4-2)18-10-11-6-8-13(9-7-11)19-14(15,16)17/h1,6-9,12,18H,4-5,10H2,2H3. The molecule has 0 aromatic heterocycles. The van der Waals surface area contributed by atoms with Crippen molar-refractivity contribution in [1.82, 2.24) is 5.32 Å². The number of ether oxygens (including phenoxy) is 1. The van der Waals surface area contributed by atoms with E-state index < -0.39 is 6.36 Å². The van der Waals surface area contributed by atoms with Crippen LogP contribution in [0.3, 0.4) is 0 Å². The molecular formula is C14H16F3NO. The first-order valence-corrected chi connectivity index (χ1v) is 5.96. The Morgan fingerprint density at radius 2 is 1.95 bits per heavy atom. The molecule has 1 N–H and O–H groups in total. The number of hydrogen-bond donors (Lipinski definition) is 1. The summed E-state index contributed by atoms with van der Waals surface area (Å²) in [6, 6.07) is 6.00. The SMILES string of the molecule is C#CCC(CC)NCc1ccc(OC(F)(F)F)cc1. The minimum Gasteiger partial charge on any atom is -0.406 e. The summed E-state index contributed by atoms with van der Waals surface area (Å²) in [5.41, 5.74) is 0.880. The van der Waals surface area contributed by atoms with Crippen LogP contribution in [0.2, 0.25) is 0 Å². The normalized spacial score (nSPS) is 12.8. The zero-order chi connectivity index (χ0) is 14.3. The van der Waals surface area contributed by atoms with Gasteiger partial charge in [-0.3, -0.25) is 0 Å². The number of terminal acetylenes is 1. The van der Waals surface area contributed by atoms with Gasteiger partial charge in [-0.05, 0) is 24.1 Å². The van der Waals surface area contributed by atoms with Gasteiger partial charge in [0.2, 0.25) is 0 Å². The van der Waals surface area contributed by atoms with Crippen molar-refractivity contribution in [2.75, 3.05) is 0 Å². The zero-order valence-corrected chi connectivity index (χ0v) is 10.6. The largest absolute Gasteiger partial charge is 0.573 e. The van der Waals surface area contributed by atoms with Crippen LogP contribution in [0.5, 0.6) is 5.75 Å². The Morgan fingerprint density at radius 1 is 1.32 bits per heavy atom. The van der Waals surface area contributed by atoms with E-state index >= 15 is 0 Å². The molecule has 0 heterocycles. The van der Waals surface area contributed by atoms with Crippen LogP contribution in [0.1, 0.15) is 25.3 Å². The lowest BCUT2D eigenvalue weighted by molar-refractivity contribution is -0.274. The molecule has 0 aliphatic carbocycles. The third-order valence-corrected chi connectivity index (χ3v) is 2.61. The van der Waals surface area contributed by atoms with Crippen LogP contribution >= 0.6 is 0 Å². The van der Waals surface area contributed by atoms with E-state index in [2.05, 4.69) is 16.0 Å². The van der Waals surface area contributed by atoms with Crippen molar-refractivity contribution >= 4 is 0 Å². The van der Waals surface area contributed by atoms with Crippen molar-refractivity contribution in [2.24, 2.45) is 0 Å². The van der Waals surface area contributed by atoms with Gasteiger partial charge in [0.25, 0.3) is 0 Å². The second-order valence-corrected chi connectivity index (χ2v) is 4.09. The molecule has 0 spiro atoms. The average molecular weight is 271 g/mol. The Labute approximate surface area is 111 Å². The van der Waals surface area contributed by atoms with Gasteiger partial charge < -0.3 is 10.1 Å². The molecular weight excluding hydrogens is 255 g/mol. The van der Waals surface area contributed by atoms with Crippen LogP contribution in [0.4, 0.5) is 13.2 Å². The predicted molar refractivity (Wildman–Crippen MR) is 67.5 cm³/mol. The van der Waals surface area contributed by atoms with Gasteiger partial charge in [0.1, 0.15) is 5.75 Å². The van der Waals surface area contributed by atoms with Gasteiger partial charge in [-0.1, -0.05) is 19.1 Å². The van der Waals surface area contributed by atoms with E-state index in [9.17, 15) is 13.2 Å². The summed E-state index contributed by atoms with van der Waals surface area (Å²) in [6.45, 7) is 2.59. The van der Waals surface area contributed by atoms with E-state index in [0.29, 0.717) is 13.0 Å². The summed E-state index contributed by atoms with van der Waals surface area (Å²) in [5.74, 6) is 2.37. The fourth-order valence-electron chi connectivity index (χ4n) is 1.57.